The molecule has 4 rings (SSSR count). The molecule has 0 aliphatic heterocycles. The third kappa shape index (κ3) is 1.87. The van der Waals surface area contributed by atoms with Crippen LogP contribution in [0.1, 0.15) is 56.1 Å². The van der Waals surface area contributed by atoms with Crippen LogP contribution in [0, 0.1) is 17.3 Å². The maximum atomic E-state index is 9.71. The summed E-state index contributed by atoms with van der Waals surface area (Å²) in [6.07, 6.45) is 7.40. The van der Waals surface area contributed by atoms with Gasteiger partial charge in [-0.25, -0.2) is 5.90 Å². The molecule has 0 saturated heterocycles. The average Bonchev–Trinajstić information content (AvgIpc) is 2.83. The molecule has 3 aliphatic carbocycles. The highest BCUT2D eigenvalue weighted by molar-refractivity contribution is 5.40. The first-order valence-corrected chi connectivity index (χ1v) is 8.31. The Bertz CT molecular complexity index is 558. The van der Waals surface area contributed by atoms with Crippen molar-refractivity contribution >= 4 is 0 Å². The van der Waals surface area contributed by atoms with Crippen LogP contribution in [0.3, 0.4) is 0 Å². The molecular formula is C18H25NO2. The van der Waals surface area contributed by atoms with Gasteiger partial charge in [0.2, 0.25) is 0 Å². The Morgan fingerprint density at radius 3 is 2.90 bits per heavy atom. The van der Waals surface area contributed by atoms with Crippen LogP contribution in [0.25, 0.3) is 0 Å². The van der Waals surface area contributed by atoms with Crippen molar-refractivity contribution in [2.45, 2.75) is 57.5 Å². The molecule has 21 heavy (non-hydrogen) atoms. The molecule has 5 atom stereocenters. The van der Waals surface area contributed by atoms with E-state index < -0.39 is 0 Å². The molecule has 0 heterocycles. The van der Waals surface area contributed by atoms with Gasteiger partial charge in [0.1, 0.15) is 5.75 Å². The summed E-state index contributed by atoms with van der Waals surface area (Å²) in [4.78, 5) is 5.32. The van der Waals surface area contributed by atoms with Crippen LogP contribution < -0.4 is 5.90 Å². The molecule has 0 aromatic heterocycles. The van der Waals surface area contributed by atoms with Gasteiger partial charge in [-0.05, 0) is 85.0 Å². The zero-order valence-electron chi connectivity index (χ0n) is 12.7. The van der Waals surface area contributed by atoms with Gasteiger partial charge in [-0.2, -0.15) is 0 Å². The van der Waals surface area contributed by atoms with E-state index in [0.29, 0.717) is 11.7 Å². The van der Waals surface area contributed by atoms with Gasteiger partial charge in [0.25, 0.3) is 0 Å². The lowest BCUT2D eigenvalue weighted by atomic mass is 9.55. The Morgan fingerprint density at radius 2 is 2.10 bits per heavy atom. The number of hydrogen-bond acceptors (Lipinski definition) is 3. The molecule has 0 spiro atoms. The van der Waals surface area contributed by atoms with Crippen LogP contribution in [-0.4, -0.2) is 11.2 Å². The predicted molar refractivity (Wildman–Crippen MR) is 81.8 cm³/mol. The Balaban J connectivity index is 1.68. The van der Waals surface area contributed by atoms with Crippen molar-refractivity contribution in [1.29, 1.82) is 0 Å². The van der Waals surface area contributed by atoms with Gasteiger partial charge < -0.3 is 9.94 Å². The number of aromatic hydroxyl groups is 1. The molecule has 0 amide bonds. The van der Waals surface area contributed by atoms with Crippen LogP contribution in [0.15, 0.2) is 18.2 Å². The van der Waals surface area contributed by atoms with Crippen LogP contribution in [0.4, 0.5) is 0 Å². The van der Waals surface area contributed by atoms with E-state index in [2.05, 4.69) is 13.0 Å². The monoisotopic (exact) mass is 287 g/mol. The first-order chi connectivity index (χ1) is 10.1. The minimum absolute atomic E-state index is 0.240. The maximum Gasteiger partial charge on any atom is 0.115 e. The van der Waals surface area contributed by atoms with E-state index in [1.807, 2.05) is 12.1 Å². The molecule has 3 heteroatoms. The van der Waals surface area contributed by atoms with E-state index in [0.717, 1.165) is 24.7 Å². The smallest absolute Gasteiger partial charge is 0.115 e. The summed E-state index contributed by atoms with van der Waals surface area (Å²) in [5.41, 5.74) is 3.12. The molecule has 3 aliphatic rings. The first-order valence-electron chi connectivity index (χ1n) is 8.31. The molecular weight excluding hydrogens is 262 g/mol. The number of fused-ring (bicyclic) bond motifs is 5. The third-order valence-electron chi connectivity index (χ3n) is 6.79. The Morgan fingerprint density at radius 1 is 1.24 bits per heavy atom. The normalized spacial score (nSPS) is 41.2. The van der Waals surface area contributed by atoms with Crippen molar-refractivity contribution in [3.8, 4) is 5.75 Å². The number of rotatable bonds is 1. The van der Waals surface area contributed by atoms with Gasteiger partial charge >= 0.3 is 0 Å². The number of phenolic OH excluding ortho intramolecular Hbond substituents is 1. The summed E-state index contributed by atoms with van der Waals surface area (Å²) in [7, 11) is 0. The van der Waals surface area contributed by atoms with E-state index in [9.17, 15) is 5.11 Å². The Kier molecular flexibility index (Phi) is 3.05. The van der Waals surface area contributed by atoms with Gasteiger partial charge in [0.05, 0.1) is 6.10 Å². The number of hydrogen-bond donors (Lipinski definition) is 2. The zero-order valence-corrected chi connectivity index (χ0v) is 12.7. The lowest BCUT2D eigenvalue weighted by Crippen LogP contribution is -2.45. The van der Waals surface area contributed by atoms with Crippen molar-refractivity contribution in [3.63, 3.8) is 0 Å². The highest BCUT2D eigenvalue weighted by Crippen LogP contribution is 2.61. The number of benzene rings is 1. The third-order valence-corrected chi connectivity index (χ3v) is 6.79. The van der Waals surface area contributed by atoms with Crippen molar-refractivity contribution in [2.24, 2.45) is 23.1 Å². The molecule has 2 saturated carbocycles. The second-order valence-electron chi connectivity index (χ2n) is 7.55. The lowest BCUT2D eigenvalue weighted by Gasteiger charge is -2.50. The quantitative estimate of drug-likeness (QED) is 0.777. The second kappa shape index (κ2) is 4.72. The zero-order chi connectivity index (χ0) is 14.6. The topological polar surface area (TPSA) is 55.5 Å². The van der Waals surface area contributed by atoms with E-state index in [4.69, 9.17) is 10.7 Å². The Hall–Kier alpha value is -1.06. The van der Waals surface area contributed by atoms with E-state index in [1.165, 1.54) is 36.8 Å². The maximum absolute atomic E-state index is 9.71. The number of nitrogens with two attached hydrogens (primary N) is 1. The average molecular weight is 287 g/mol. The van der Waals surface area contributed by atoms with Crippen LogP contribution in [0.2, 0.25) is 0 Å². The highest BCUT2D eigenvalue weighted by atomic mass is 16.6. The summed E-state index contributed by atoms with van der Waals surface area (Å²) >= 11 is 0. The second-order valence-corrected chi connectivity index (χ2v) is 7.55. The summed E-state index contributed by atoms with van der Waals surface area (Å²) in [6.45, 7) is 2.39. The van der Waals surface area contributed by atoms with Crippen molar-refractivity contribution < 1.29 is 9.94 Å². The molecule has 114 valence electrons. The lowest BCUT2D eigenvalue weighted by molar-refractivity contribution is -0.0654. The molecule has 2 fully saturated rings. The summed E-state index contributed by atoms with van der Waals surface area (Å²) in [5, 5.41) is 9.71. The molecule has 1 aromatic rings. The minimum Gasteiger partial charge on any atom is -0.508 e. The molecule has 1 aromatic carbocycles. The van der Waals surface area contributed by atoms with E-state index in [1.54, 1.807) is 0 Å². The van der Waals surface area contributed by atoms with Gasteiger partial charge in [0.15, 0.2) is 0 Å². The number of aryl methyl sites for hydroxylation is 1. The van der Waals surface area contributed by atoms with Gasteiger partial charge in [0, 0.05) is 0 Å². The summed E-state index contributed by atoms with van der Waals surface area (Å²) in [6, 6.07) is 5.99. The fourth-order valence-corrected chi connectivity index (χ4v) is 5.74. The molecule has 3 nitrogen and oxygen atoms in total. The van der Waals surface area contributed by atoms with Gasteiger partial charge in [-0.15, -0.1) is 0 Å². The fraction of sp³-hybridized carbons (Fsp3) is 0.667. The van der Waals surface area contributed by atoms with Gasteiger partial charge in [-0.3, -0.25) is 0 Å². The van der Waals surface area contributed by atoms with Crippen molar-refractivity contribution in [2.75, 3.05) is 0 Å². The van der Waals surface area contributed by atoms with Crippen LogP contribution >= 0.6 is 0 Å². The fourth-order valence-electron chi connectivity index (χ4n) is 5.74. The Labute approximate surface area is 126 Å². The van der Waals surface area contributed by atoms with Crippen molar-refractivity contribution in [1.82, 2.24) is 0 Å². The summed E-state index contributed by atoms with van der Waals surface area (Å²) in [5.74, 6) is 8.14. The molecule has 5 unspecified atom stereocenters. The van der Waals surface area contributed by atoms with E-state index >= 15 is 0 Å². The summed E-state index contributed by atoms with van der Waals surface area (Å²) < 4.78 is 0. The first kappa shape index (κ1) is 13.6. The van der Waals surface area contributed by atoms with Crippen molar-refractivity contribution in [3.05, 3.63) is 29.3 Å². The van der Waals surface area contributed by atoms with Crippen LogP contribution in [0.5, 0.6) is 5.75 Å². The molecule has 0 bridgehead atoms. The molecule has 0 radical (unpaired) electrons. The largest absolute Gasteiger partial charge is 0.508 e. The minimum atomic E-state index is 0.240. The SMILES string of the molecule is CC12CCC3c4ccc(O)cc4CCC3C1CCC2ON. The standard InChI is InChI=1S/C18H25NO2/c1-18-9-8-14-13-5-3-12(20)10-11(13)2-4-15(14)16(18)6-7-17(18)21-19/h3,5,10,14-17,20H,2,4,6-9,19H2,1H3. The predicted octanol–water partition coefficient (Wildman–Crippen LogP) is 3.51. The highest BCUT2D eigenvalue weighted by Gasteiger charge is 2.55. The molecule has 3 N–H and O–H groups in total. The number of phenols is 1. The van der Waals surface area contributed by atoms with Crippen LogP contribution in [-0.2, 0) is 11.3 Å². The van der Waals surface area contributed by atoms with Gasteiger partial charge in [-0.1, -0.05) is 13.0 Å². The van der Waals surface area contributed by atoms with E-state index in [-0.39, 0.29) is 11.5 Å².